The molecule has 1 saturated heterocycles. The number of carbonyl (C=O) groups is 1. The van der Waals surface area contributed by atoms with Crippen molar-refractivity contribution in [2.24, 2.45) is 0 Å². The standard InChI is InChI=1S/C22H21F2N5O/c1-15-2-4-16(5-3-15)20-8-9-21(27-26-20)28-10-12-29(13-11-28)22(30)25-17-6-7-18(23)19(24)14-17/h2-9,14H,10-13H2,1H3,(H,25,30). The smallest absolute Gasteiger partial charge is 0.321 e. The average Bonchev–Trinajstić information content (AvgIpc) is 2.77. The molecule has 0 bridgehead atoms. The highest BCUT2D eigenvalue weighted by molar-refractivity contribution is 5.89. The average molecular weight is 409 g/mol. The van der Waals surface area contributed by atoms with Gasteiger partial charge in [-0.2, -0.15) is 0 Å². The molecule has 2 heterocycles. The largest absolute Gasteiger partial charge is 0.352 e. The Morgan fingerprint density at radius 3 is 2.27 bits per heavy atom. The molecular formula is C22H21F2N5O. The van der Waals surface area contributed by atoms with E-state index in [0.717, 1.165) is 29.2 Å². The van der Waals surface area contributed by atoms with Gasteiger partial charge in [-0.25, -0.2) is 13.6 Å². The van der Waals surface area contributed by atoms with E-state index in [1.165, 1.54) is 11.6 Å². The minimum Gasteiger partial charge on any atom is -0.352 e. The normalized spacial score (nSPS) is 14.0. The number of aromatic nitrogens is 2. The summed E-state index contributed by atoms with van der Waals surface area (Å²) >= 11 is 0. The van der Waals surface area contributed by atoms with Gasteiger partial charge in [0.2, 0.25) is 0 Å². The van der Waals surface area contributed by atoms with Crippen LogP contribution in [0.4, 0.5) is 25.1 Å². The van der Waals surface area contributed by atoms with Crippen LogP contribution < -0.4 is 10.2 Å². The van der Waals surface area contributed by atoms with Gasteiger partial charge in [0.25, 0.3) is 0 Å². The Hall–Kier alpha value is -3.55. The number of carbonyl (C=O) groups excluding carboxylic acids is 1. The fourth-order valence-electron chi connectivity index (χ4n) is 3.29. The van der Waals surface area contributed by atoms with Crippen molar-refractivity contribution in [2.75, 3.05) is 36.4 Å². The van der Waals surface area contributed by atoms with Crippen LogP contribution in [0.1, 0.15) is 5.56 Å². The van der Waals surface area contributed by atoms with Gasteiger partial charge in [-0.3, -0.25) is 0 Å². The van der Waals surface area contributed by atoms with Gasteiger partial charge < -0.3 is 15.1 Å². The van der Waals surface area contributed by atoms with E-state index in [9.17, 15) is 13.6 Å². The Bertz CT molecular complexity index is 1030. The first kappa shape index (κ1) is 19.8. The Morgan fingerprint density at radius 1 is 0.900 bits per heavy atom. The predicted octanol–water partition coefficient (Wildman–Crippen LogP) is 4.08. The number of aryl methyl sites for hydroxylation is 1. The fraction of sp³-hybridized carbons (Fsp3) is 0.227. The van der Waals surface area contributed by atoms with Gasteiger partial charge >= 0.3 is 6.03 Å². The van der Waals surface area contributed by atoms with Crippen LogP contribution in [0.15, 0.2) is 54.6 Å². The Kier molecular flexibility index (Phi) is 5.56. The van der Waals surface area contributed by atoms with Gasteiger partial charge in [0.1, 0.15) is 0 Å². The summed E-state index contributed by atoms with van der Waals surface area (Å²) in [4.78, 5) is 16.1. The summed E-state index contributed by atoms with van der Waals surface area (Å²) in [7, 11) is 0. The van der Waals surface area contributed by atoms with Crippen molar-refractivity contribution < 1.29 is 13.6 Å². The lowest BCUT2D eigenvalue weighted by Gasteiger charge is -2.35. The lowest BCUT2D eigenvalue weighted by Crippen LogP contribution is -2.50. The minimum absolute atomic E-state index is 0.221. The quantitative estimate of drug-likeness (QED) is 0.708. The first-order valence-corrected chi connectivity index (χ1v) is 9.66. The van der Waals surface area contributed by atoms with Crippen molar-refractivity contribution in [3.63, 3.8) is 0 Å². The summed E-state index contributed by atoms with van der Waals surface area (Å²) in [5.74, 6) is -1.19. The van der Waals surface area contributed by atoms with Crippen molar-refractivity contribution >= 4 is 17.5 Å². The molecule has 154 valence electrons. The highest BCUT2D eigenvalue weighted by atomic mass is 19.2. The summed E-state index contributed by atoms with van der Waals surface area (Å²) in [5, 5.41) is 11.3. The molecule has 0 atom stereocenters. The molecule has 1 N–H and O–H groups in total. The van der Waals surface area contributed by atoms with Crippen LogP contribution in [0, 0.1) is 18.6 Å². The van der Waals surface area contributed by atoms with E-state index in [2.05, 4.69) is 20.4 Å². The number of hydrogen-bond donors (Lipinski definition) is 1. The van der Waals surface area contributed by atoms with Crippen LogP contribution >= 0.6 is 0 Å². The molecule has 0 spiro atoms. The summed E-state index contributed by atoms with van der Waals surface area (Å²) in [6, 6.07) is 14.9. The van der Waals surface area contributed by atoms with Crippen LogP contribution in [-0.2, 0) is 0 Å². The summed E-state index contributed by atoms with van der Waals surface area (Å²) < 4.78 is 26.3. The molecule has 1 fully saturated rings. The summed E-state index contributed by atoms with van der Waals surface area (Å²) in [5.41, 5.74) is 3.23. The number of piperazine rings is 1. The Labute approximate surface area is 173 Å². The van der Waals surface area contributed by atoms with Crippen LogP contribution in [0.5, 0.6) is 0 Å². The molecule has 8 heteroatoms. The summed E-state index contributed by atoms with van der Waals surface area (Å²) in [6.45, 7) is 4.21. The molecule has 2 amide bonds. The molecule has 0 unspecified atom stereocenters. The number of urea groups is 1. The minimum atomic E-state index is -0.995. The second kappa shape index (κ2) is 8.44. The van der Waals surface area contributed by atoms with Gasteiger partial charge in [0, 0.05) is 43.5 Å². The van der Waals surface area contributed by atoms with E-state index in [-0.39, 0.29) is 11.7 Å². The molecular weight excluding hydrogens is 388 g/mol. The molecule has 1 aliphatic heterocycles. The van der Waals surface area contributed by atoms with Crippen LogP contribution in [-0.4, -0.2) is 47.3 Å². The molecule has 3 aromatic rings. The SMILES string of the molecule is Cc1ccc(-c2ccc(N3CCN(C(=O)Nc4ccc(F)c(F)c4)CC3)nn2)cc1. The maximum absolute atomic E-state index is 13.3. The zero-order chi connectivity index (χ0) is 21.1. The third-order valence-corrected chi connectivity index (χ3v) is 5.06. The second-order valence-electron chi connectivity index (χ2n) is 7.18. The van der Waals surface area contributed by atoms with Gasteiger partial charge in [0.05, 0.1) is 5.69 Å². The number of benzene rings is 2. The number of amides is 2. The fourth-order valence-corrected chi connectivity index (χ4v) is 3.29. The van der Waals surface area contributed by atoms with Crippen molar-refractivity contribution in [2.45, 2.75) is 6.92 Å². The number of rotatable bonds is 3. The maximum Gasteiger partial charge on any atom is 0.321 e. The van der Waals surface area contributed by atoms with E-state index in [1.54, 1.807) is 4.90 Å². The lowest BCUT2D eigenvalue weighted by molar-refractivity contribution is 0.208. The number of hydrogen-bond acceptors (Lipinski definition) is 4. The highest BCUT2D eigenvalue weighted by Crippen LogP contribution is 2.20. The lowest BCUT2D eigenvalue weighted by atomic mass is 10.1. The molecule has 0 saturated carbocycles. The highest BCUT2D eigenvalue weighted by Gasteiger charge is 2.22. The van der Waals surface area contributed by atoms with Crippen molar-refractivity contribution in [3.8, 4) is 11.3 Å². The summed E-state index contributed by atoms with van der Waals surface area (Å²) in [6.07, 6.45) is 0. The topological polar surface area (TPSA) is 61.4 Å². The Balaban J connectivity index is 1.34. The molecule has 0 radical (unpaired) electrons. The van der Waals surface area contributed by atoms with E-state index in [1.807, 2.05) is 43.3 Å². The van der Waals surface area contributed by atoms with E-state index < -0.39 is 11.6 Å². The van der Waals surface area contributed by atoms with Gasteiger partial charge in [-0.1, -0.05) is 29.8 Å². The van der Waals surface area contributed by atoms with E-state index in [0.29, 0.717) is 26.2 Å². The van der Waals surface area contributed by atoms with Crippen LogP contribution in [0.2, 0.25) is 0 Å². The molecule has 4 rings (SSSR count). The molecule has 2 aromatic carbocycles. The third-order valence-electron chi connectivity index (χ3n) is 5.06. The number of nitrogens with zero attached hydrogens (tertiary/aromatic N) is 4. The van der Waals surface area contributed by atoms with Gasteiger partial charge in [0.15, 0.2) is 17.5 Å². The molecule has 1 aromatic heterocycles. The number of nitrogens with one attached hydrogen (secondary N) is 1. The van der Waals surface area contributed by atoms with Crippen molar-refractivity contribution in [3.05, 3.63) is 71.8 Å². The van der Waals surface area contributed by atoms with Crippen molar-refractivity contribution in [1.82, 2.24) is 15.1 Å². The zero-order valence-electron chi connectivity index (χ0n) is 16.5. The van der Waals surface area contributed by atoms with Crippen LogP contribution in [0.3, 0.4) is 0 Å². The van der Waals surface area contributed by atoms with E-state index in [4.69, 9.17) is 0 Å². The molecule has 0 aliphatic carbocycles. The van der Waals surface area contributed by atoms with Gasteiger partial charge in [-0.15, -0.1) is 10.2 Å². The van der Waals surface area contributed by atoms with Gasteiger partial charge in [-0.05, 0) is 31.2 Å². The number of anilines is 2. The Morgan fingerprint density at radius 2 is 1.63 bits per heavy atom. The predicted molar refractivity (Wildman–Crippen MR) is 111 cm³/mol. The van der Waals surface area contributed by atoms with E-state index >= 15 is 0 Å². The first-order valence-electron chi connectivity index (χ1n) is 9.66. The van der Waals surface area contributed by atoms with Crippen molar-refractivity contribution in [1.29, 1.82) is 0 Å². The third kappa shape index (κ3) is 4.37. The first-order chi connectivity index (χ1) is 14.5. The monoisotopic (exact) mass is 409 g/mol. The maximum atomic E-state index is 13.3. The number of halogens is 2. The van der Waals surface area contributed by atoms with Crippen LogP contribution in [0.25, 0.3) is 11.3 Å². The molecule has 30 heavy (non-hydrogen) atoms. The molecule has 6 nitrogen and oxygen atoms in total. The zero-order valence-corrected chi connectivity index (χ0v) is 16.5. The molecule has 1 aliphatic rings. The second-order valence-corrected chi connectivity index (χ2v) is 7.18.